The normalized spacial score (nSPS) is 12.2. The maximum absolute atomic E-state index is 13.3. The number of ether oxygens (including phenoxy) is 2. The molecule has 0 heterocycles. The Morgan fingerprint density at radius 3 is 2.45 bits per heavy atom. The van der Waals surface area contributed by atoms with Crippen LogP contribution < -0.4 is 28.9 Å². The number of hydrogen-bond acceptors (Lipinski definition) is 5. The summed E-state index contributed by atoms with van der Waals surface area (Å²) >= 11 is 1.55. The van der Waals surface area contributed by atoms with Crippen molar-refractivity contribution in [2.24, 2.45) is 0 Å². The van der Waals surface area contributed by atoms with E-state index in [9.17, 15) is 14.7 Å². The Hall–Kier alpha value is -2.69. The molecule has 3 aromatic carbocycles. The Bertz CT molecular complexity index is 1250. The van der Waals surface area contributed by atoms with Gasteiger partial charge >= 0.3 is 24.8 Å². The molecule has 0 aromatic heterocycles. The number of carboxylic acid groups (broad SMARTS) is 1. The minimum absolute atomic E-state index is 0. The molecule has 6 nitrogen and oxygen atoms in total. The quantitative estimate of drug-likeness (QED) is 0.275. The molecule has 40 heavy (non-hydrogen) atoms. The molecule has 2 unspecified atom stereocenters. The molecule has 0 radical (unpaired) electrons. The Morgan fingerprint density at radius 1 is 1.00 bits per heavy atom. The minimum atomic E-state index is -1.03. The number of aliphatic carboxylic acids is 1. The molecule has 0 spiro atoms. The van der Waals surface area contributed by atoms with Crippen LogP contribution in [0.4, 0.5) is 0 Å². The van der Waals surface area contributed by atoms with E-state index in [0.29, 0.717) is 24.3 Å². The number of aryl methyl sites for hydroxylation is 1. The molecule has 0 saturated carbocycles. The first kappa shape index (κ1) is 33.5. The standard InChI is InChI=1S/C32H39NO5S.Li/c1-5-6-14-30(24-11-9-12-25(20-24)37-3)38-21-23-15-16-27(28(19-23)26-13-8-7-10-22(26)2)31(34)33-29(32(35)36)17-18-39-4;/h7-13,15-16,19-20,29-30H,5-6,14,17-18,21H2,1-4H3,(H,33,34)(H,35,36);/q;+1. The van der Waals surface area contributed by atoms with Crippen LogP contribution in [0.1, 0.15) is 65.8 Å². The molecule has 0 fully saturated rings. The second-order valence-corrected chi connectivity index (χ2v) is 10.5. The fourth-order valence-corrected chi connectivity index (χ4v) is 4.95. The molecule has 3 aromatic rings. The molecule has 1 amide bonds. The summed E-state index contributed by atoms with van der Waals surface area (Å²) in [7, 11) is 1.66. The molecular weight excluding hydrogens is 517 g/mol. The van der Waals surface area contributed by atoms with E-state index in [-0.39, 0.29) is 25.0 Å². The second kappa shape index (κ2) is 17.2. The number of amides is 1. The molecular formula is C32H39LiNO5S+. The molecule has 3 rings (SSSR count). The summed E-state index contributed by atoms with van der Waals surface area (Å²) in [5, 5.41) is 12.4. The number of hydrogen-bond donors (Lipinski definition) is 2. The van der Waals surface area contributed by atoms with Gasteiger partial charge in [0.1, 0.15) is 11.8 Å². The summed E-state index contributed by atoms with van der Waals surface area (Å²) in [6.07, 6.45) is 5.19. The van der Waals surface area contributed by atoms with Gasteiger partial charge in [-0.2, -0.15) is 11.8 Å². The fraction of sp³-hybridized carbons (Fsp3) is 0.375. The Labute approximate surface area is 254 Å². The van der Waals surface area contributed by atoms with Gasteiger partial charge in [-0.3, -0.25) is 4.79 Å². The van der Waals surface area contributed by atoms with Gasteiger partial charge in [-0.15, -0.1) is 0 Å². The Kier molecular flexibility index (Phi) is 14.4. The maximum Gasteiger partial charge on any atom is 1.00 e. The van der Waals surface area contributed by atoms with Crippen molar-refractivity contribution in [2.75, 3.05) is 19.1 Å². The van der Waals surface area contributed by atoms with E-state index in [1.807, 2.05) is 67.8 Å². The number of carbonyl (C=O) groups excluding carboxylic acids is 1. The van der Waals surface area contributed by atoms with Gasteiger partial charge in [0.25, 0.3) is 5.91 Å². The van der Waals surface area contributed by atoms with Crippen molar-refractivity contribution in [1.82, 2.24) is 5.32 Å². The van der Waals surface area contributed by atoms with Crippen molar-refractivity contribution < 1.29 is 43.0 Å². The second-order valence-electron chi connectivity index (χ2n) is 9.56. The van der Waals surface area contributed by atoms with E-state index in [2.05, 4.69) is 18.3 Å². The molecule has 0 bridgehead atoms. The summed E-state index contributed by atoms with van der Waals surface area (Å²) in [5.74, 6) is 0.0129. The number of thioether (sulfide) groups is 1. The van der Waals surface area contributed by atoms with Crippen molar-refractivity contribution in [1.29, 1.82) is 0 Å². The summed E-state index contributed by atoms with van der Waals surface area (Å²) in [4.78, 5) is 25.1. The zero-order valence-electron chi connectivity index (χ0n) is 24.2. The smallest absolute Gasteiger partial charge is 0.497 e. The average molecular weight is 557 g/mol. The van der Waals surface area contributed by atoms with Crippen LogP contribution in [-0.4, -0.2) is 42.1 Å². The van der Waals surface area contributed by atoms with Crippen LogP contribution in [0.3, 0.4) is 0 Å². The van der Waals surface area contributed by atoms with Crippen LogP contribution in [0, 0.1) is 6.92 Å². The number of methoxy groups -OCH3 is 1. The molecule has 0 saturated heterocycles. The average Bonchev–Trinajstić information content (AvgIpc) is 2.95. The molecule has 2 atom stereocenters. The number of unbranched alkanes of at least 4 members (excludes halogenated alkanes) is 1. The Balaban J connectivity index is 0.00000560. The van der Waals surface area contributed by atoms with Gasteiger partial charge in [-0.1, -0.05) is 62.2 Å². The molecule has 0 aliphatic rings. The van der Waals surface area contributed by atoms with Gasteiger partial charge in [0.15, 0.2) is 0 Å². The van der Waals surface area contributed by atoms with Crippen molar-refractivity contribution in [3.05, 3.63) is 89.0 Å². The largest absolute Gasteiger partial charge is 1.00 e. The van der Waals surface area contributed by atoms with Crippen LogP contribution in [0.2, 0.25) is 0 Å². The van der Waals surface area contributed by atoms with Crippen molar-refractivity contribution in [3.63, 3.8) is 0 Å². The summed E-state index contributed by atoms with van der Waals surface area (Å²) < 4.78 is 11.9. The number of carbonyl (C=O) groups is 2. The fourth-order valence-electron chi connectivity index (χ4n) is 4.48. The summed E-state index contributed by atoms with van der Waals surface area (Å²) in [6, 6.07) is 20.6. The van der Waals surface area contributed by atoms with Gasteiger partial charge in [0.2, 0.25) is 0 Å². The van der Waals surface area contributed by atoms with Crippen LogP contribution in [0.5, 0.6) is 5.75 Å². The number of nitrogens with one attached hydrogen (secondary N) is 1. The van der Waals surface area contributed by atoms with E-state index in [1.165, 1.54) is 0 Å². The molecule has 0 aliphatic heterocycles. The topological polar surface area (TPSA) is 84.9 Å². The van der Waals surface area contributed by atoms with Crippen LogP contribution >= 0.6 is 11.8 Å². The van der Waals surface area contributed by atoms with Crippen molar-refractivity contribution >= 4 is 23.6 Å². The summed E-state index contributed by atoms with van der Waals surface area (Å²) in [5.41, 5.74) is 5.16. The molecule has 8 heteroatoms. The van der Waals surface area contributed by atoms with E-state index in [4.69, 9.17) is 9.47 Å². The van der Waals surface area contributed by atoms with Gasteiger partial charge in [-0.25, -0.2) is 4.79 Å². The van der Waals surface area contributed by atoms with Gasteiger partial charge < -0.3 is 19.9 Å². The minimum Gasteiger partial charge on any atom is -0.497 e. The number of rotatable bonds is 15. The monoisotopic (exact) mass is 556 g/mol. The van der Waals surface area contributed by atoms with E-state index in [1.54, 1.807) is 24.9 Å². The zero-order chi connectivity index (χ0) is 28.2. The van der Waals surface area contributed by atoms with Crippen LogP contribution in [0.25, 0.3) is 11.1 Å². The molecule has 0 aliphatic carbocycles. The zero-order valence-corrected chi connectivity index (χ0v) is 25.1. The third-order valence-corrected chi connectivity index (χ3v) is 7.36. The van der Waals surface area contributed by atoms with Crippen LogP contribution in [-0.2, 0) is 16.1 Å². The maximum atomic E-state index is 13.3. The van der Waals surface area contributed by atoms with Gasteiger partial charge in [-0.05, 0) is 83.9 Å². The van der Waals surface area contributed by atoms with E-state index in [0.717, 1.165) is 52.8 Å². The van der Waals surface area contributed by atoms with E-state index >= 15 is 0 Å². The third-order valence-electron chi connectivity index (χ3n) is 6.71. The predicted octanol–water partition coefficient (Wildman–Crippen LogP) is 4.06. The van der Waals surface area contributed by atoms with Crippen LogP contribution in [0.15, 0.2) is 66.7 Å². The first-order valence-corrected chi connectivity index (χ1v) is 14.7. The first-order valence-electron chi connectivity index (χ1n) is 13.3. The van der Waals surface area contributed by atoms with Crippen molar-refractivity contribution in [2.45, 2.75) is 58.3 Å². The molecule has 208 valence electrons. The first-order chi connectivity index (χ1) is 18.9. The SMILES string of the molecule is CCCCC(OCc1ccc(C(=O)NC(CCSC)C(=O)O)c(-c2ccccc2C)c1)c1cccc(OC)c1.[Li+]. The third kappa shape index (κ3) is 9.45. The predicted molar refractivity (Wildman–Crippen MR) is 159 cm³/mol. The van der Waals surface area contributed by atoms with Gasteiger partial charge in [0, 0.05) is 5.56 Å². The Morgan fingerprint density at radius 2 is 1.77 bits per heavy atom. The van der Waals surface area contributed by atoms with Crippen molar-refractivity contribution in [3.8, 4) is 16.9 Å². The number of carboxylic acids is 1. The number of benzene rings is 3. The summed E-state index contributed by atoms with van der Waals surface area (Å²) in [6.45, 7) is 4.54. The molecule has 2 N–H and O–H groups in total. The van der Waals surface area contributed by atoms with Gasteiger partial charge in [0.05, 0.1) is 19.8 Å². The van der Waals surface area contributed by atoms with E-state index < -0.39 is 17.9 Å².